The minimum atomic E-state index is 0.300. The van der Waals surface area contributed by atoms with Gasteiger partial charge in [0.1, 0.15) is 0 Å². The lowest BCUT2D eigenvalue weighted by Gasteiger charge is -2.51. The maximum atomic E-state index is 6.36. The van der Waals surface area contributed by atoms with E-state index in [1.54, 1.807) is 7.11 Å². The van der Waals surface area contributed by atoms with Crippen LogP contribution in [-0.2, 0) is 14.2 Å². The number of hydrogen-bond donors (Lipinski definition) is 0. The summed E-state index contributed by atoms with van der Waals surface area (Å²) in [5, 5.41) is 0.337. The molecule has 2 rings (SSSR count). The van der Waals surface area contributed by atoms with Crippen LogP contribution in [0.4, 0.5) is 0 Å². The summed E-state index contributed by atoms with van der Waals surface area (Å²) in [6, 6.07) is 0. The van der Waals surface area contributed by atoms with Crippen LogP contribution in [0.25, 0.3) is 0 Å². The van der Waals surface area contributed by atoms with E-state index in [2.05, 4.69) is 0 Å². The topological polar surface area (TPSA) is 27.7 Å². The number of ether oxygens (including phenoxy) is 3. The summed E-state index contributed by atoms with van der Waals surface area (Å²) in [5.41, 5.74) is 0.300. The molecule has 17 heavy (non-hydrogen) atoms. The van der Waals surface area contributed by atoms with Gasteiger partial charge in [0, 0.05) is 17.9 Å². The number of halogens is 1. The highest BCUT2D eigenvalue weighted by molar-refractivity contribution is 6.21. The highest BCUT2D eigenvalue weighted by Gasteiger charge is 2.55. The Balaban J connectivity index is 1.60. The average Bonchev–Trinajstić information content (AvgIpc) is 2.84. The first kappa shape index (κ1) is 13.6. The first-order chi connectivity index (χ1) is 8.29. The van der Waals surface area contributed by atoms with Crippen molar-refractivity contribution in [3.05, 3.63) is 0 Å². The van der Waals surface area contributed by atoms with Gasteiger partial charge >= 0.3 is 0 Å². The second-order valence-corrected chi connectivity index (χ2v) is 5.63. The average molecular weight is 263 g/mol. The predicted octanol–water partition coefficient (Wildman–Crippen LogP) is 2.61. The van der Waals surface area contributed by atoms with E-state index < -0.39 is 0 Å². The predicted molar refractivity (Wildman–Crippen MR) is 67.6 cm³/mol. The Labute approximate surface area is 109 Å². The van der Waals surface area contributed by atoms with Crippen LogP contribution in [-0.4, -0.2) is 45.0 Å². The fraction of sp³-hybridized carbons (Fsp3) is 1.00. The van der Waals surface area contributed by atoms with Crippen molar-refractivity contribution < 1.29 is 14.2 Å². The summed E-state index contributed by atoms with van der Waals surface area (Å²) >= 11 is 6.36. The molecular weight excluding hydrogens is 240 g/mol. The third-order valence-electron chi connectivity index (χ3n) is 4.20. The molecule has 0 amide bonds. The largest absolute Gasteiger partial charge is 0.382 e. The standard InChI is InChI=1S/C13H23ClO3/c1-15-6-7-16-8-9-17-12-10-11(14)13(12)4-2-3-5-13/h11-12H,2-10H2,1H3. The van der Waals surface area contributed by atoms with E-state index in [4.69, 9.17) is 25.8 Å². The van der Waals surface area contributed by atoms with Gasteiger partial charge in [0.15, 0.2) is 0 Å². The summed E-state index contributed by atoms with van der Waals surface area (Å²) in [4.78, 5) is 0. The fourth-order valence-corrected chi connectivity index (χ4v) is 3.62. The van der Waals surface area contributed by atoms with Crippen LogP contribution in [0.3, 0.4) is 0 Å². The van der Waals surface area contributed by atoms with Gasteiger partial charge in [-0.3, -0.25) is 0 Å². The van der Waals surface area contributed by atoms with Gasteiger partial charge in [-0.2, -0.15) is 0 Å². The van der Waals surface area contributed by atoms with Crippen molar-refractivity contribution in [3.63, 3.8) is 0 Å². The van der Waals surface area contributed by atoms with Gasteiger partial charge in [0.2, 0.25) is 0 Å². The first-order valence-corrected chi connectivity index (χ1v) is 7.05. The first-order valence-electron chi connectivity index (χ1n) is 6.62. The van der Waals surface area contributed by atoms with Crippen LogP contribution in [0.5, 0.6) is 0 Å². The Morgan fingerprint density at radius 2 is 1.82 bits per heavy atom. The molecule has 1 spiro atoms. The number of rotatable bonds is 7. The molecule has 0 saturated heterocycles. The van der Waals surface area contributed by atoms with Crippen LogP contribution in [0.2, 0.25) is 0 Å². The lowest BCUT2D eigenvalue weighted by Crippen LogP contribution is -2.54. The SMILES string of the molecule is COCCOCCOC1CC(Cl)C12CCCC2. The third-order valence-corrected chi connectivity index (χ3v) is 4.81. The highest BCUT2D eigenvalue weighted by Crippen LogP contribution is 2.57. The van der Waals surface area contributed by atoms with Crippen LogP contribution in [0.1, 0.15) is 32.1 Å². The number of hydrogen-bond acceptors (Lipinski definition) is 3. The second-order valence-electron chi connectivity index (χ2n) is 5.11. The molecule has 2 fully saturated rings. The normalized spacial score (nSPS) is 30.7. The highest BCUT2D eigenvalue weighted by atomic mass is 35.5. The molecule has 100 valence electrons. The zero-order chi connectivity index (χ0) is 12.1. The molecule has 0 radical (unpaired) electrons. The molecule has 3 nitrogen and oxygen atoms in total. The molecule has 0 aromatic carbocycles. The molecule has 0 aliphatic heterocycles. The lowest BCUT2D eigenvalue weighted by molar-refractivity contribution is -0.116. The molecule has 0 heterocycles. The van der Waals surface area contributed by atoms with Crippen molar-refractivity contribution in [2.24, 2.45) is 5.41 Å². The van der Waals surface area contributed by atoms with Gasteiger partial charge in [-0.25, -0.2) is 0 Å². The van der Waals surface area contributed by atoms with E-state index in [1.807, 2.05) is 0 Å². The van der Waals surface area contributed by atoms with Gasteiger partial charge in [-0.15, -0.1) is 11.6 Å². The summed E-state index contributed by atoms with van der Waals surface area (Å²) in [5.74, 6) is 0. The third kappa shape index (κ3) is 2.95. The van der Waals surface area contributed by atoms with E-state index in [9.17, 15) is 0 Å². The van der Waals surface area contributed by atoms with Gasteiger partial charge in [0.25, 0.3) is 0 Å². The Bertz CT molecular complexity index is 229. The van der Waals surface area contributed by atoms with E-state index in [0.717, 1.165) is 6.42 Å². The van der Waals surface area contributed by atoms with Crippen LogP contribution in [0, 0.1) is 5.41 Å². The minimum absolute atomic E-state index is 0.300. The van der Waals surface area contributed by atoms with Gasteiger partial charge < -0.3 is 14.2 Å². The fourth-order valence-electron chi connectivity index (χ4n) is 3.09. The van der Waals surface area contributed by atoms with E-state index in [0.29, 0.717) is 43.3 Å². The molecule has 2 aliphatic carbocycles. The maximum Gasteiger partial charge on any atom is 0.0704 e. The quantitative estimate of drug-likeness (QED) is 0.521. The molecule has 0 aromatic heterocycles. The number of alkyl halides is 1. The summed E-state index contributed by atoms with van der Waals surface area (Å²) in [6.45, 7) is 2.63. The molecular formula is C13H23ClO3. The molecule has 2 atom stereocenters. The van der Waals surface area contributed by atoms with Crippen molar-refractivity contribution in [2.75, 3.05) is 33.5 Å². The van der Waals surface area contributed by atoms with Gasteiger partial charge in [-0.05, 0) is 19.3 Å². The van der Waals surface area contributed by atoms with Crippen molar-refractivity contribution in [3.8, 4) is 0 Å². The Kier molecular flexibility index (Phi) is 5.10. The van der Waals surface area contributed by atoms with Crippen molar-refractivity contribution in [1.82, 2.24) is 0 Å². The van der Waals surface area contributed by atoms with Crippen molar-refractivity contribution in [1.29, 1.82) is 0 Å². The Morgan fingerprint density at radius 3 is 2.47 bits per heavy atom. The van der Waals surface area contributed by atoms with Crippen LogP contribution in [0.15, 0.2) is 0 Å². The van der Waals surface area contributed by atoms with Crippen molar-refractivity contribution >= 4 is 11.6 Å². The van der Waals surface area contributed by atoms with Gasteiger partial charge in [0.05, 0.1) is 32.5 Å². The van der Waals surface area contributed by atoms with Gasteiger partial charge in [-0.1, -0.05) is 12.8 Å². The monoisotopic (exact) mass is 262 g/mol. The zero-order valence-electron chi connectivity index (χ0n) is 10.6. The molecule has 0 N–H and O–H groups in total. The van der Waals surface area contributed by atoms with Crippen molar-refractivity contribution in [2.45, 2.75) is 43.6 Å². The van der Waals surface area contributed by atoms with E-state index >= 15 is 0 Å². The van der Waals surface area contributed by atoms with Crippen LogP contribution < -0.4 is 0 Å². The molecule has 0 bridgehead atoms. The lowest BCUT2D eigenvalue weighted by atomic mass is 9.64. The smallest absolute Gasteiger partial charge is 0.0704 e. The number of methoxy groups -OCH3 is 1. The summed E-state index contributed by atoms with van der Waals surface area (Å²) in [6.07, 6.45) is 6.51. The Hall–Kier alpha value is 0.170. The molecule has 2 aliphatic rings. The summed E-state index contributed by atoms with van der Waals surface area (Å²) in [7, 11) is 1.68. The summed E-state index contributed by atoms with van der Waals surface area (Å²) < 4.78 is 16.2. The second kappa shape index (κ2) is 6.37. The molecule has 2 unspecified atom stereocenters. The maximum absolute atomic E-state index is 6.36. The molecule has 4 heteroatoms. The zero-order valence-corrected chi connectivity index (χ0v) is 11.4. The van der Waals surface area contributed by atoms with Crippen LogP contribution >= 0.6 is 11.6 Å². The molecule has 0 aromatic rings. The minimum Gasteiger partial charge on any atom is -0.382 e. The Morgan fingerprint density at radius 1 is 1.12 bits per heavy atom. The van der Waals surface area contributed by atoms with E-state index in [-0.39, 0.29) is 0 Å². The van der Waals surface area contributed by atoms with E-state index in [1.165, 1.54) is 25.7 Å². The molecule has 2 saturated carbocycles.